The number of benzene rings is 1. The molecule has 13 heteroatoms. The van der Waals surface area contributed by atoms with Crippen LogP contribution in [0.25, 0.3) is 0 Å². The molecule has 43 heavy (non-hydrogen) atoms. The molecule has 1 saturated carbocycles. The first-order valence-corrected chi connectivity index (χ1v) is 15.0. The maximum absolute atomic E-state index is 14.1. The van der Waals surface area contributed by atoms with Gasteiger partial charge in [0.25, 0.3) is 0 Å². The summed E-state index contributed by atoms with van der Waals surface area (Å²) in [4.78, 5) is 72.5. The van der Waals surface area contributed by atoms with Gasteiger partial charge in [-0.1, -0.05) is 70.4 Å². The average molecular weight is 599 g/mol. The van der Waals surface area contributed by atoms with Crippen molar-refractivity contribution < 1.29 is 24.0 Å². The molecule has 1 spiro atoms. The van der Waals surface area contributed by atoms with Gasteiger partial charge >= 0.3 is 0 Å². The van der Waals surface area contributed by atoms with Gasteiger partial charge in [0.1, 0.15) is 23.2 Å². The van der Waals surface area contributed by atoms with Crippen LogP contribution in [0.1, 0.15) is 84.2 Å². The summed E-state index contributed by atoms with van der Waals surface area (Å²) in [6, 6.07) is 5.63. The van der Waals surface area contributed by atoms with E-state index >= 15 is 0 Å². The van der Waals surface area contributed by atoms with Crippen LogP contribution in [0.3, 0.4) is 0 Å². The molecule has 0 bridgehead atoms. The van der Waals surface area contributed by atoms with E-state index in [-0.39, 0.29) is 31.3 Å². The van der Waals surface area contributed by atoms with Crippen molar-refractivity contribution in [3.63, 3.8) is 0 Å². The van der Waals surface area contributed by atoms with Crippen LogP contribution in [0, 0.1) is 5.92 Å². The quantitative estimate of drug-likeness (QED) is 0.179. The number of carbonyl (C=O) groups is 5. The molecule has 4 atom stereocenters. The number of nitrogens with zero attached hydrogens (tertiary/aromatic N) is 1. The molecule has 1 aliphatic heterocycles. The number of amides is 5. The lowest BCUT2D eigenvalue weighted by Crippen LogP contribution is -2.68. The molecule has 0 radical (unpaired) electrons. The first kappa shape index (κ1) is 33.3. The third-order valence-electron chi connectivity index (χ3n) is 8.21. The second kappa shape index (κ2) is 14.3. The number of hydrogen-bond acceptors (Lipinski definition) is 6. The number of nitrogens with two attached hydrogens (primary N) is 2. The molecule has 1 aromatic rings. The second-order valence-corrected chi connectivity index (χ2v) is 11.9. The minimum absolute atomic E-state index is 0.00411. The predicted octanol–water partition coefficient (Wildman–Crippen LogP) is 0.251. The highest BCUT2D eigenvalue weighted by Gasteiger charge is 2.46. The summed E-state index contributed by atoms with van der Waals surface area (Å²) >= 11 is 0. The van der Waals surface area contributed by atoms with Crippen molar-refractivity contribution in [3.8, 4) is 0 Å². The molecule has 1 aliphatic carbocycles. The average Bonchev–Trinajstić information content (AvgIpc) is 2.97. The smallest absolute Gasteiger partial charge is 0.247 e. The van der Waals surface area contributed by atoms with E-state index in [1.807, 2.05) is 0 Å². The summed E-state index contributed by atoms with van der Waals surface area (Å²) in [6.07, 6.45) is 3.21. The molecule has 1 aromatic carbocycles. The molecule has 1 saturated heterocycles. The van der Waals surface area contributed by atoms with Crippen molar-refractivity contribution >= 4 is 35.5 Å². The lowest BCUT2D eigenvalue weighted by Gasteiger charge is -2.40. The second-order valence-electron chi connectivity index (χ2n) is 11.9. The Kier molecular flexibility index (Phi) is 11.1. The van der Waals surface area contributed by atoms with Crippen molar-refractivity contribution in [1.82, 2.24) is 26.6 Å². The minimum Gasteiger partial charge on any atom is -0.370 e. The van der Waals surface area contributed by atoms with Gasteiger partial charge in [0, 0.05) is 12.5 Å². The van der Waals surface area contributed by atoms with Gasteiger partial charge in [-0.15, -0.1) is 0 Å². The first-order valence-electron chi connectivity index (χ1n) is 15.0. The summed E-state index contributed by atoms with van der Waals surface area (Å²) in [5.74, 6) is -3.34. The number of rotatable bonds is 6. The van der Waals surface area contributed by atoms with Gasteiger partial charge in [0.2, 0.25) is 29.5 Å². The Morgan fingerprint density at radius 2 is 1.63 bits per heavy atom. The third-order valence-corrected chi connectivity index (χ3v) is 8.21. The summed E-state index contributed by atoms with van der Waals surface area (Å²) in [5, 5.41) is 14.2. The highest BCUT2D eigenvalue weighted by molar-refractivity contribution is 5.99. The Labute approximate surface area is 252 Å². The summed E-state index contributed by atoms with van der Waals surface area (Å²) in [6.45, 7) is 6.69. The SMILES string of the molecule is CCC(N=C(N)N)[C@@H]1NC(=O)[C@](C)(NC(=O)C(C)C)CCNC(=O)[C@@H](c2ccccc2)NC(=O)C2(CCCCC2)NC1=O. The molecular weight excluding hydrogens is 552 g/mol. The fraction of sp³-hybridized carbons (Fsp3) is 0.600. The van der Waals surface area contributed by atoms with Crippen LogP contribution in [0.5, 0.6) is 0 Å². The molecule has 13 nitrogen and oxygen atoms in total. The van der Waals surface area contributed by atoms with Crippen LogP contribution < -0.4 is 38.1 Å². The summed E-state index contributed by atoms with van der Waals surface area (Å²) in [5.41, 5.74) is 9.08. The van der Waals surface area contributed by atoms with Crippen LogP contribution in [0.15, 0.2) is 35.3 Å². The Bertz CT molecular complexity index is 1210. The Morgan fingerprint density at radius 1 is 0.977 bits per heavy atom. The van der Waals surface area contributed by atoms with Crippen molar-refractivity contribution in [1.29, 1.82) is 0 Å². The summed E-state index contributed by atoms with van der Waals surface area (Å²) < 4.78 is 0. The molecule has 0 aromatic heterocycles. The molecule has 3 rings (SSSR count). The monoisotopic (exact) mass is 598 g/mol. The fourth-order valence-corrected chi connectivity index (χ4v) is 5.51. The van der Waals surface area contributed by atoms with Crippen LogP contribution in [-0.2, 0) is 24.0 Å². The van der Waals surface area contributed by atoms with E-state index in [2.05, 4.69) is 31.6 Å². The highest BCUT2D eigenvalue weighted by atomic mass is 16.2. The van der Waals surface area contributed by atoms with E-state index in [0.717, 1.165) is 6.42 Å². The van der Waals surface area contributed by atoms with E-state index in [9.17, 15) is 24.0 Å². The van der Waals surface area contributed by atoms with Gasteiger partial charge in [0.15, 0.2) is 5.96 Å². The first-order chi connectivity index (χ1) is 20.3. The minimum atomic E-state index is -1.51. The predicted molar refractivity (Wildman–Crippen MR) is 162 cm³/mol. The zero-order valence-electron chi connectivity index (χ0n) is 25.5. The van der Waals surface area contributed by atoms with Gasteiger partial charge in [0.05, 0.1) is 6.04 Å². The Balaban J connectivity index is 2.13. The lowest BCUT2D eigenvalue weighted by atomic mass is 9.80. The molecule has 1 unspecified atom stereocenters. The normalized spacial score (nSPS) is 25.8. The zero-order chi connectivity index (χ0) is 31.8. The topological polar surface area (TPSA) is 210 Å². The van der Waals surface area contributed by atoms with Crippen molar-refractivity contribution in [2.75, 3.05) is 6.54 Å². The van der Waals surface area contributed by atoms with Crippen molar-refractivity contribution in [2.45, 2.75) is 102 Å². The molecule has 5 amide bonds. The van der Waals surface area contributed by atoms with Crippen LogP contribution in [0.2, 0.25) is 0 Å². The molecular formula is C30H46N8O5. The number of hydrogen-bond donors (Lipinski definition) is 7. The summed E-state index contributed by atoms with van der Waals surface area (Å²) in [7, 11) is 0. The van der Waals surface area contributed by atoms with E-state index in [0.29, 0.717) is 31.2 Å². The largest absolute Gasteiger partial charge is 0.370 e. The number of guanidine groups is 1. The molecule has 1 heterocycles. The maximum atomic E-state index is 14.1. The van der Waals surface area contributed by atoms with Crippen LogP contribution in [0.4, 0.5) is 0 Å². The van der Waals surface area contributed by atoms with Gasteiger partial charge in [-0.3, -0.25) is 24.0 Å². The zero-order valence-corrected chi connectivity index (χ0v) is 25.5. The molecule has 236 valence electrons. The van der Waals surface area contributed by atoms with E-state index in [4.69, 9.17) is 11.5 Å². The fourth-order valence-electron chi connectivity index (χ4n) is 5.51. The van der Waals surface area contributed by atoms with Crippen molar-refractivity contribution in [3.05, 3.63) is 35.9 Å². The Hall–Kier alpha value is -4.16. The van der Waals surface area contributed by atoms with Gasteiger partial charge in [-0.05, 0) is 38.2 Å². The van der Waals surface area contributed by atoms with Gasteiger partial charge in [-0.25, -0.2) is 4.99 Å². The molecule has 2 fully saturated rings. The van der Waals surface area contributed by atoms with Gasteiger partial charge in [-0.2, -0.15) is 0 Å². The van der Waals surface area contributed by atoms with Crippen molar-refractivity contribution in [2.24, 2.45) is 22.4 Å². The van der Waals surface area contributed by atoms with Crippen LogP contribution in [-0.4, -0.2) is 65.2 Å². The van der Waals surface area contributed by atoms with E-state index in [1.165, 1.54) is 6.92 Å². The van der Waals surface area contributed by atoms with E-state index < -0.39 is 58.7 Å². The third kappa shape index (κ3) is 8.23. The lowest BCUT2D eigenvalue weighted by molar-refractivity contribution is -0.141. The maximum Gasteiger partial charge on any atom is 0.247 e. The number of carbonyl (C=O) groups excluding carboxylic acids is 5. The number of aliphatic imine (C=N–C) groups is 1. The highest BCUT2D eigenvalue weighted by Crippen LogP contribution is 2.30. The van der Waals surface area contributed by atoms with E-state index in [1.54, 1.807) is 51.1 Å². The number of nitrogens with one attached hydrogen (secondary N) is 5. The standard InChI is InChI=1S/C30H46N8O5/c1-5-20(34-28(31)32)22-25(41)38-30(14-10-7-11-15-30)27(43)35-21(19-12-8-6-9-13-19)24(40)33-17-16-29(4,26(42)36-22)37-23(39)18(2)3/h6,8-9,12-13,18,20-22H,5,7,10-11,14-17H2,1-4H3,(H,33,40)(H,35,43)(H,36,42)(H,37,39)(H,38,41)(H4,31,32,34)/t20?,21-,22+,29-/m1/s1. The van der Waals surface area contributed by atoms with Gasteiger partial charge < -0.3 is 38.1 Å². The Morgan fingerprint density at radius 3 is 2.21 bits per heavy atom. The van der Waals surface area contributed by atoms with Crippen LogP contribution >= 0.6 is 0 Å². The molecule has 9 N–H and O–H groups in total. The molecule has 2 aliphatic rings.